The van der Waals surface area contributed by atoms with E-state index in [1.54, 1.807) is 24.3 Å². The molecule has 5 rings (SSSR count). The lowest BCUT2D eigenvalue weighted by Crippen LogP contribution is -2.34. The fraction of sp³-hybridized carbons (Fsp3) is 0.344. The van der Waals surface area contributed by atoms with Crippen molar-refractivity contribution in [3.8, 4) is 11.5 Å². The summed E-state index contributed by atoms with van der Waals surface area (Å²) in [6, 6.07) is 26.7. The maximum Gasteiger partial charge on any atom is 0.564 e. The molecule has 2 heterocycles. The molecule has 1 fully saturated rings. The predicted molar refractivity (Wildman–Crippen MR) is 160 cm³/mol. The number of benzene rings is 3. The van der Waals surface area contributed by atoms with Crippen molar-refractivity contribution in [3.05, 3.63) is 108 Å². The maximum absolute atomic E-state index is 14.2. The van der Waals surface area contributed by atoms with Crippen molar-refractivity contribution >= 4 is 13.6 Å². The number of likely N-dealkylation sites (N-methyl/N-ethyl adjacent to an activating group) is 1. The van der Waals surface area contributed by atoms with E-state index in [0.29, 0.717) is 30.2 Å². The molecule has 3 aromatic carbocycles. The molecule has 3 aromatic rings. The fourth-order valence-corrected chi connectivity index (χ4v) is 6.62. The monoisotopic (exact) mass is 559 g/mol. The molecule has 0 aliphatic carbocycles. The molecule has 0 aromatic heterocycles. The first kappa shape index (κ1) is 28.2. The Hall–Kier alpha value is -3.38. The van der Waals surface area contributed by atoms with Crippen LogP contribution >= 0.6 is 7.75 Å². The van der Waals surface area contributed by atoms with Gasteiger partial charge in [0.2, 0.25) is 0 Å². The number of aliphatic hydroxyl groups is 1. The van der Waals surface area contributed by atoms with E-state index in [4.69, 9.17) is 13.8 Å². The number of hydrogen-bond donors (Lipinski definition) is 1. The first-order valence-corrected chi connectivity index (χ1v) is 15.5. The van der Waals surface area contributed by atoms with Gasteiger partial charge in [0.1, 0.15) is 17.3 Å². The molecule has 2 aliphatic rings. The first-order chi connectivity index (χ1) is 19.5. The number of rotatable bonds is 11. The summed E-state index contributed by atoms with van der Waals surface area (Å²) >= 11 is 0. The van der Waals surface area contributed by atoms with Crippen molar-refractivity contribution in [1.29, 1.82) is 0 Å². The number of aliphatic hydroxyl groups excluding tert-OH is 1. The Morgan fingerprint density at radius 1 is 0.900 bits per heavy atom. The van der Waals surface area contributed by atoms with Crippen LogP contribution in [0.25, 0.3) is 0 Å². The SMILES string of the molecule is CN1/C(=N\P(=O)(Oc2ccccc2)Oc2ccccc2)CC(CCCO)=CC1c1ccc(CN2CCCC2)cc1. The highest BCUT2D eigenvalue weighted by Crippen LogP contribution is 2.51. The van der Waals surface area contributed by atoms with Gasteiger partial charge in [0.25, 0.3) is 0 Å². The lowest BCUT2D eigenvalue weighted by molar-refractivity contribution is 0.287. The zero-order valence-corrected chi connectivity index (χ0v) is 24.0. The minimum absolute atomic E-state index is 0.0936. The van der Waals surface area contributed by atoms with Crippen molar-refractivity contribution in [2.75, 3.05) is 26.7 Å². The van der Waals surface area contributed by atoms with Gasteiger partial charge in [0.15, 0.2) is 0 Å². The summed E-state index contributed by atoms with van der Waals surface area (Å²) in [5.74, 6) is 1.47. The Kier molecular flexibility index (Phi) is 9.38. The van der Waals surface area contributed by atoms with Gasteiger partial charge >= 0.3 is 7.75 Å². The van der Waals surface area contributed by atoms with Crippen LogP contribution in [-0.2, 0) is 11.1 Å². The third kappa shape index (κ3) is 7.42. The predicted octanol–water partition coefficient (Wildman–Crippen LogP) is 7.02. The van der Waals surface area contributed by atoms with Gasteiger partial charge in [-0.1, -0.05) is 72.3 Å². The van der Waals surface area contributed by atoms with E-state index in [1.165, 1.54) is 31.5 Å². The third-order valence-corrected chi connectivity index (χ3v) is 8.71. The van der Waals surface area contributed by atoms with E-state index in [-0.39, 0.29) is 12.6 Å². The van der Waals surface area contributed by atoms with Gasteiger partial charge in [-0.2, -0.15) is 0 Å². The quantitative estimate of drug-likeness (QED) is 0.201. The first-order valence-electron chi connectivity index (χ1n) is 14.0. The topological polar surface area (TPSA) is 74.6 Å². The second-order valence-corrected chi connectivity index (χ2v) is 11.9. The number of nitrogens with zero attached hydrogens (tertiary/aromatic N) is 3. The van der Waals surface area contributed by atoms with Crippen LogP contribution in [0.4, 0.5) is 0 Å². The fourth-order valence-electron chi connectivity index (χ4n) is 5.24. The van der Waals surface area contributed by atoms with Crippen molar-refractivity contribution < 1.29 is 18.7 Å². The highest BCUT2D eigenvalue weighted by atomic mass is 31.2. The molecule has 1 atom stereocenters. The van der Waals surface area contributed by atoms with Crippen LogP contribution < -0.4 is 9.05 Å². The number of amidine groups is 1. The second kappa shape index (κ2) is 13.3. The molecule has 0 spiro atoms. The van der Waals surface area contributed by atoms with Crippen molar-refractivity contribution in [2.24, 2.45) is 4.76 Å². The van der Waals surface area contributed by atoms with E-state index < -0.39 is 7.75 Å². The van der Waals surface area contributed by atoms with Crippen LogP contribution in [0.1, 0.15) is 49.3 Å². The van der Waals surface area contributed by atoms with Gasteiger partial charge in [0, 0.05) is 26.6 Å². The second-order valence-electron chi connectivity index (χ2n) is 10.4. The molecule has 1 saturated heterocycles. The Morgan fingerprint density at radius 3 is 2.08 bits per heavy atom. The van der Waals surface area contributed by atoms with Crippen LogP contribution in [-0.4, -0.2) is 47.5 Å². The minimum Gasteiger partial charge on any atom is -0.399 e. The maximum atomic E-state index is 14.2. The molecule has 0 radical (unpaired) electrons. The third-order valence-electron chi connectivity index (χ3n) is 7.35. The standard InChI is InChI=1S/C32H38N3O4P/c1-34-31(28-18-16-26(17-19-28)25-35-20-8-9-21-35)23-27(11-10-22-36)24-32(34)33-40(37,38-29-12-4-2-5-13-29)39-30-14-6-3-7-15-30/h2-7,12-19,23,31,36H,8-11,20-22,24-25H2,1H3/b33-32-. The van der Waals surface area contributed by atoms with E-state index in [0.717, 1.165) is 24.1 Å². The van der Waals surface area contributed by atoms with E-state index in [1.807, 2.05) is 48.3 Å². The number of likely N-dealkylation sites (tertiary alicyclic amines) is 1. The average molecular weight is 560 g/mol. The zero-order chi connectivity index (χ0) is 27.8. The van der Waals surface area contributed by atoms with Gasteiger partial charge in [0.05, 0.1) is 6.04 Å². The highest BCUT2D eigenvalue weighted by Gasteiger charge is 2.33. The van der Waals surface area contributed by atoms with Crippen molar-refractivity contribution in [2.45, 2.75) is 44.7 Å². The lowest BCUT2D eigenvalue weighted by atomic mass is 9.93. The Bertz CT molecular complexity index is 1290. The molecule has 40 heavy (non-hydrogen) atoms. The summed E-state index contributed by atoms with van der Waals surface area (Å²) in [6.45, 7) is 3.42. The zero-order valence-electron chi connectivity index (χ0n) is 23.1. The van der Waals surface area contributed by atoms with Crippen LogP contribution in [0.15, 0.2) is 101 Å². The molecular weight excluding hydrogens is 521 g/mol. The molecule has 1 unspecified atom stereocenters. The minimum atomic E-state index is -4.00. The van der Waals surface area contributed by atoms with Gasteiger partial charge in [-0.15, -0.1) is 4.76 Å². The molecule has 8 heteroatoms. The average Bonchev–Trinajstić information content (AvgIpc) is 3.48. The largest absolute Gasteiger partial charge is 0.564 e. The van der Waals surface area contributed by atoms with Crippen LogP contribution in [0.2, 0.25) is 0 Å². The van der Waals surface area contributed by atoms with Crippen LogP contribution in [0, 0.1) is 0 Å². The summed E-state index contributed by atoms with van der Waals surface area (Å²) in [5.41, 5.74) is 3.58. The van der Waals surface area contributed by atoms with Gasteiger partial charge in [-0.3, -0.25) is 4.90 Å². The smallest absolute Gasteiger partial charge is 0.399 e. The lowest BCUT2D eigenvalue weighted by Gasteiger charge is -2.35. The highest BCUT2D eigenvalue weighted by molar-refractivity contribution is 7.53. The van der Waals surface area contributed by atoms with Crippen molar-refractivity contribution in [3.63, 3.8) is 0 Å². The summed E-state index contributed by atoms with van der Waals surface area (Å²) in [6.07, 6.45) is 6.69. The molecule has 2 aliphatic heterocycles. The molecule has 0 bridgehead atoms. The van der Waals surface area contributed by atoms with Crippen LogP contribution in [0.5, 0.6) is 11.5 Å². The molecule has 210 valence electrons. The van der Waals surface area contributed by atoms with E-state index in [9.17, 15) is 9.67 Å². The molecular formula is C32H38N3O4P. The van der Waals surface area contributed by atoms with Crippen LogP contribution in [0.3, 0.4) is 0 Å². The van der Waals surface area contributed by atoms with Crippen molar-refractivity contribution in [1.82, 2.24) is 9.80 Å². The van der Waals surface area contributed by atoms with Gasteiger partial charge < -0.3 is 19.1 Å². The van der Waals surface area contributed by atoms with Gasteiger partial charge in [-0.25, -0.2) is 4.57 Å². The molecule has 0 saturated carbocycles. The molecule has 1 N–H and O–H groups in total. The Balaban J connectivity index is 1.45. The Labute approximate surface area is 237 Å². The van der Waals surface area contributed by atoms with E-state index >= 15 is 0 Å². The normalized spacial score (nSPS) is 19.1. The summed E-state index contributed by atoms with van der Waals surface area (Å²) in [5, 5.41) is 9.50. The summed E-state index contributed by atoms with van der Waals surface area (Å²) in [4.78, 5) is 4.55. The molecule has 7 nitrogen and oxygen atoms in total. The van der Waals surface area contributed by atoms with Gasteiger partial charge in [-0.05, 0) is 74.2 Å². The Morgan fingerprint density at radius 2 is 1.50 bits per heavy atom. The van der Waals surface area contributed by atoms with E-state index in [2.05, 4.69) is 35.2 Å². The summed E-state index contributed by atoms with van der Waals surface area (Å²) < 4.78 is 30.8. The summed E-state index contributed by atoms with van der Waals surface area (Å²) in [7, 11) is -2.03. The number of para-hydroxylation sites is 2. The number of hydrogen-bond acceptors (Lipinski definition) is 5. The molecule has 0 amide bonds.